The number of benzene rings is 1. The van der Waals surface area contributed by atoms with Crippen molar-refractivity contribution in [3.8, 4) is 0 Å². The molecule has 7 heteroatoms. The molecule has 0 amide bonds. The van der Waals surface area contributed by atoms with Gasteiger partial charge in [-0.15, -0.1) is 9.08 Å². The Morgan fingerprint density at radius 1 is 1.07 bits per heavy atom. The summed E-state index contributed by atoms with van der Waals surface area (Å²) in [6, 6.07) is 11.4. The fourth-order valence-electron chi connectivity index (χ4n) is 3.68. The number of hydrogen-bond donors (Lipinski definition) is 0. The highest BCUT2D eigenvalue weighted by atomic mass is 19.1. The van der Waals surface area contributed by atoms with E-state index in [4.69, 9.17) is 0 Å². The number of aromatic amines is 1. The lowest BCUT2D eigenvalue weighted by Gasteiger charge is -2.30. The van der Waals surface area contributed by atoms with Gasteiger partial charge in [0.05, 0.1) is 6.54 Å². The number of aromatic nitrogens is 3. The Balaban J connectivity index is 1.33. The van der Waals surface area contributed by atoms with Crippen LogP contribution in [-0.4, -0.2) is 39.4 Å². The first-order valence-electron chi connectivity index (χ1n) is 9.23. The smallest absolute Gasteiger partial charge is 0.301 e. The summed E-state index contributed by atoms with van der Waals surface area (Å²) in [7, 11) is 0. The van der Waals surface area contributed by atoms with Crippen LogP contribution >= 0.6 is 0 Å². The van der Waals surface area contributed by atoms with Gasteiger partial charge in [-0.25, -0.2) is 9.18 Å². The second-order valence-electron chi connectivity index (χ2n) is 6.99. The SMILES string of the molecule is O=C(c1ccc(F)cc1)C1CCN(CCn2[nH+]c3ccccn3c2=O)CC1. The molecule has 1 aliphatic rings. The molecular formula is C20H22FN4O2+. The van der Waals surface area contributed by atoms with E-state index in [1.807, 2.05) is 18.2 Å². The quantitative estimate of drug-likeness (QED) is 0.643. The molecule has 27 heavy (non-hydrogen) atoms. The van der Waals surface area contributed by atoms with Crippen LogP contribution in [0.2, 0.25) is 0 Å². The molecule has 1 aromatic carbocycles. The predicted octanol–water partition coefficient (Wildman–Crippen LogP) is 1.65. The molecule has 1 N–H and O–H groups in total. The molecule has 0 atom stereocenters. The first-order valence-corrected chi connectivity index (χ1v) is 9.23. The number of fused-ring (bicyclic) bond motifs is 1. The summed E-state index contributed by atoms with van der Waals surface area (Å²) >= 11 is 0. The van der Waals surface area contributed by atoms with E-state index in [1.54, 1.807) is 27.4 Å². The Labute approximate surface area is 155 Å². The number of ketones is 1. The van der Waals surface area contributed by atoms with E-state index in [-0.39, 0.29) is 23.2 Å². The zero-order valence-corrected chi connectivity index (χ0v) is 15.0. The molecule has 1 fully saturated rings. The minimum absolute atomic E-state index is 0.0157. The maximum Gasteiger partial charge on any atom is 0.451 e. The van der Waals surface area contributed by atoms with Gasteiger partial charge in [0.1, 0.15) is 12.0 Å². The first kappa shape index (κ1) is 17.6. The molecule has 0 saturated carbocycles. The molecule has 3 heterocycles. The highest BCUT2D eigenvalue weighted by molar-refractivity contribution is 5.97. The van der Waals surface area contributed by atoms with Gasteiger partial charge < -0.3 is 4.90 Å². The topological polar surface area (TPSA) is 60.9 Å². The van der Waals surface area contributed by atoms with Crippen molar-refractivity contribution in [2.75, 3.05) is 19.6 Å². The van der Waals surface area contributed by atoms with E-state index in [1.165, 1.54) is 12.1 Å². The summed E-state index contributed by atoms with van der Waals surface area (Å²) in [5.74, 6) is -0.247. The minimum atomic E-state index is -0.327. The molecular weight excluding hydrogens is 347 g/mol. The molecule has 0 unspecified atom stereocenters. The van der Waals surface area contributed by atoms with Crippen molar-refractivity contribution in [1.29, 1.82) is 0 Å². The number of carbonyl (C=O) groups excluding carboxylic acids is 1. The van der Waals surface area contributed by atoms with Crippen LogP contribution in [0.25, 0.3) is 5.65 Å². The van der Waals surface area contributed by atoms with Gasteiger partial charge in [0.15, 0.2) is 5.78 Å². The number of rotatable bonds is 5. The molecule has 1 aliphatic heterocycles. The number of pyridine rings is 1. The Morgan fingerprint density at radius 3 is 2.52 bits per heavy atom. The van der Waals surface area contributed by atoms with E-state index in [2.05, 4.69) is 10.00 Å². The van der Waals surface area contributed by atoms with Crippen molar-refractivity contribution in [3.05, 3.63) is 70.5 Å². The van der Waals surface area contributed by atoms with Crippen LogP contribution in [0, 0.1) is 11.7 Å². The van der Waals surface area contributed by atoms with Gasteiger partial charge in [-0.05, 0) is 56.3 Å². The lowest BCUT2D eigenvalue weighted by Crippen LogP contribution is -2.40. The molecule has 2 aromatic heterocycles. The first-order chi connectivity index (χ1) is 13.1. The normalized spacial score (nSPS) is 16.0. The number of H-pyrrole nitrogens is 1. The van der Waals surface area contributed by atoms with E-state index in [0.29, 0.717) is 12.1 Å². The zero-order chi connectivity index (χ0) is 18.8. The van der Waals surface area contributed by atoms with Crippen LogP contribution in [0.1, 0.15) is 23.2 Å². The van der Waals surface area contributed by atoms with Gasteiger partial charge in [0.25, 0.3) is 0 Å². The van der Waals surface area contributed by atoms with E-state index < -0.39 is 0 Å². The highest BCUT2D eigenvalue weighted by Gasteiger charge is 2.26. The van der Waals surface area contributed by atoms with Crippen molar-refractivity contribution < 1.29 is 14.3 Å². The van der Waals surface area contributed by atoms with Gasteiger partial charge >= 0.3 is 11.3 Å². The van der Waals surface area contributed by atoms with E-state index in [9.17, 15) is 14.0 Å². The third kappa shape index (κ3) is 3.68. The van der Waals surface area contributed by atoms with Crippen molar-refractivity contribution in [2.45, 2.75) is 19.4 Å². The van der Waals surface area contributed by atoms with Gasteiger partial charge in [-0.1, -0.05) is 6.07 Å². The number of nitrogens with zero attached hydrogens (tertiary/aromatic N) is 3. The van der Waals surface area contributed by atoms with Gasteiger partial charge in [-0.2, -0.15) is 5.10 Å². The lowest BCUT2D eigenvalue weighted by molar-refractivity contribution is -0.465. The fourth-order valence-corrected chi connectivity index (χ4v) is 3.68. The molecule has 0 aliphatic carbocycles. The number of hydrogen-bond acceptors (Lipinski definition) is 3. The number of likely N-dealkylation sites (tertiary alicyclic amines) is 1. The summed E-state index contributed by atoms with van der Waals surface area (Å²) < 4.78 is 16.2. The number of carbonyl (C=O) groups is 1. The fraction of sp³-hybridized carbons (Fsp3) is 0.350. The molecule has 0 radical (unpaired) electrons. The third-order valence-corrected chi connectivity index (χ3v) is 5.27. The third-order valence-electron chi connectivity index (χ3n) is 5.27. The predicted molar refractivity (Wildman–Crippen MR) is 98.1 cm³/mol. The van der Waals surface area contributed by atoms with Crippen molar-refractivity contribution >= 4 is 11.4 Å². The summed E-state index contributed by atoms with van der Waals surface area (Å²) in [5, 5.41) is 3.11. The number of piperidine rings is 1. The van der Waals surface area contributed by atoms with Crippen molar-refractivity contribution in [1.82, 2.24) is 14.0 Å². The zero-order valence-electron chi connectivity index (χ0n) is 15.0. The summed E-state index contributed by atoms with van der Waals surface area (Å²) in [6.45, 7) is 2.97. The second kappa shape index (κ2) is 7.44. The van der Waals surface area contributed by atoms with Crippen LogP contribution in [0.4, 0.5) is 4.39 Å². The molecule has 6 nitrogen and oxygen atoms in total. The number of halogens is 1. The Morgan fingerprint density at radius 2 is 1.81 bits per heavy atom. The van der Waals surface area contributed by atoms with Crippen LogP contribution < -0.4 is 10.8 Å². The van der Waals surface area contributed by atoms with Crippen LogP contribution in [-0.2, 0) is 6.54 Å². The minimum Gasteiger partial charge on any atom is -0.301 e. The Hall–Kier alpha value is -2.80. The van der Waals surface area contributed by atoms with E-state index in [0.717, 1.165) is 38.1 Å². The van der Waals surface area contributed by atoms with Crippen LogP contribution in [0.5, 0.6) is 0 Å². The standard InChI is InChI=1S/C20H21FN4O2/c21-17-6-4-15(5-7-17)19(26)16-8-11-23(12-9-16)13-14-25-20(27)24-10-2-1-3-18(24)22-25/h1-7,10,16H,8-9,11-14H2/p+1. The second-order valence-corrected chi connectivity index (χ2v) is 6.99. The van der Waals surface area contributed by atoms with Gasteiger partial charge in [0, 0.05) is 24.1 Å². The summed E-state index contributed by atoms with van der Waals surface area (Å²) in [5.41, 5.74) is 1.27. The van der Waals surface area contributed by atoms with Crippen LogP contribution in [0.15, 0.2) is 53.5 Å². The highest BCUT2D eigenvalue weighted by Crippen LogP contribution is 2.22. The van der Waals surface area contributed by atoms with Crippen molar-refractivity contribution in [2.24, 2.45) is 5.92 Å². The Kier molecular flexibility index (Phi) is 4.85. The Bertz CT molecular complexity index is 1000. The van der Waals surface area contributed by atoms with Crippen LogP contribution in [0.3, 0.4) is 0 Å². The van der Waals surface area contributed by atoms with Crippen molar-refractivity contribution in [3.63, 3.8) is 0 Å². The lowest BCUT2D eigenvalue weighted by atomic mass is 9.89. The van der Waals surface area contributed by atoms with Gasteiger partial charge in [0.2, 0.25) is 0 Å². The van der Waals surface area contributed by atoms with Gasteiger partial charge in [-0.3, -0.25) is 4.79 Å². The molecule has 0 bridgehead atoms. The summed E-state index contributed by atoms with van der Waals surface area (Å²) in [6.07, 6.45) is 3.32. The molecule has 1 saturated heterocycles. The monoisotopic (exact) mass is 369 g/mol. The largest absolute Gasteiger partial charge is 0.451 e. The number of nitrogens with one attached hydrogen (secondary N) is 1. The number of Topliss-reactive ketones (excluding diaryl/α,β-unsaturated/α-hetero) is 1. The van der Waals surface area contributed by atoms with E-state index >= 15 is 0 Å². The average Bonchev–Trinajstić information content (AvgIpc) is 3.03. The summed E-state index contributed by atoms with van der Waals surface area (Å²) in [4.78, 5) is 27.1. The molecule has 4 rings (SSSR count). The average molecular weight is 369 g/mol. The molecule has 3 aromatic rings. The maximum atomic E-state index is 13.0. The molecule has 140 valence electrons. The molecule has 0 spiro atoms. The maximum absolute atomic E-state index is 13.0.